The molecule has 17 heavy (non-hydrogen) atoms. The molecule has 88 valence electrons. The van der Waals surface area contributed by atoms with Crippen molar-refractivity contribution in [3.8, 4) is 0 Å². The maximum absolute atomic E-state index is 4.57. The van der Waals surface area contributed by atoms with Gasteiger partial charge >= 0.3 is 125 Å². The van der Waals surface area contributed by atoms with E-state index in [1.54, 1.807) is 0 Å². The van der Waals surface area contributed by atoms with Crippen LogP contribution in [0.15, 0.2) is 46.2 Å². The molecule has 2 aromatic rings. The summed E-state index contributed by atoms with van der Waals surface area (Å²) in [6.07, 6.45) is 0. The molecular weight excluding hydrogens is 360 g/mol. The topological polar surface area (TPSA) is 0 Å². The fourth-order valence-corrected chi connectivity index (χ4v) is 5.65. The van der Waals surface area contributed by atoms with Crippen molar-refractivity contribution < 1.29 is 0 Å². The zero-order chi connectivity index (χ0) is 12.4. The molecule has 0 amide bonds. The Labute approximate surface area is 124 Å². The van der Waals surface area contributed by atoms with Crippen LogP contribution >= 0.6 is 25.3 Å². The molecule has 0 fully saturated rings. The van der Waals surface area contributed by atoms with Crippen molar-refractivity contribution in [3.63, 3.8) is 0 Å². The Bertz CT molecular complexity index is 460. The van der Waals surface area contributed by atoms with Gasteiger partial charge < -0.3 is 0 Å². The Kier molecular flexibility index (Phi) is 4.49. The minimum atomic E-state index is -0.413. The summed E-state index contributed by atoms with van der Waals surface area (Å²) in [5.41, 5.74) is 2.69. The van der Waals surface area contributed by atoms with Crippen LogP contribution in [-0.2, 0) is 0 Å². The van der Waals surface area contributed by atoms with Crippen LogP contribution in [0.4, 0.5) is 0 Å². The molecule has 0 nitrogen and oxygen atoms in total. The SMILES string of the molecule is Cc1cccc(S)c1[Te]c1c(C)cccc1S. The van der Waals surface area contributed by atoms with Gasteiger partial charge in [-0.2, -0.15) is 0 Å². The molecule has 0 aliphatic carbocycles. The third-order valence-corrected chi connectivity index (χ3v) is 8.53. The van der Waals surface area contributed by atoms with Crippen molar-refractivity contribution >= 4 is 53.4 Å². The van der Waals surface area contributed by atoms with Gasteiger partial charge in [-0.25, -0.2) is 0 Å². The number of rotatable bonds is 2. The normalized spacial score (nSPS) is 10.6. The van der Waals surface area contributed by atoms with Crippen LogP contribution in [0.3, 0.4) is 0 Å². The average Bonchev–Trinajstić information content (AvgIpc) is 2.27. The number of thiol groups is 2. The Morgan fingerprint density at radius 2 is 1.18 bits per heavy atom. The monoisotopic (exact) mass is 376 g/mol. The molecule has 0 aromatic heterocycles. The molecule has 0 heterocycles. The molecule has 0 atom stereocenters. The molecule has 2 rings (SSSR count). The first-order valence-electron chi connectivity index (χ1n) is 5.34. The fraction of sp³-hybridized carbons (Fsp3) is 0.143. The minimum absolute atomic E-state index is 0.413. The quantitative estimate of drug-likeness (QED) is 0.586. The molecule has 0 unspecified atom stereocenters. The van der Waals surface area contributed by atoms with E-state index in [2.05, 4.69) is 75.5 Å². The van der Waals surface area contributed by atoms with E-state index >= 15 is 0 Å². The number of benzene rings is 2. The zero-order valence-electron chi connectivity index (χ0n) is 9.77. The first kappa shape index (κ1) is 13.4. The van der Waals surface area contributed by atoms with E-state index in [-0.39, 0.29) is 0 Å². The van der Waals surface area contributed by atoms with E-state index in [1.165, 1.54) is 18.3 Å². The Morgan fingerprint density at radius 1 is 0.765 bits per heavy atom. The van der Waals surface area contributed by atoms with E-state index in [9.17, 15) is 0 Å². The van der Waals surface area contributed by atoms with Crippen LogP contribution in [0.2, 0.25) is 0 Å². The third kappa shape index (κ3) is 3.03. The molecule has 0 aliphatic rings. The second-order valence-electron chi connectivity index (χ2n) is 3.95. The van der Waals surface area contributed by atoms with Gasteiger partial charge in [0.25, 0.3) is 0 Å². The Morgan fingerprint density at radius 3 is 1.53 bits per heavy atom. The number of hydrogen-bond donors (Lipinski definition) is 2. The van der Waals surface area contributed by atoms with Gasteiger partial charge in [0, 0.05) is 0 Å². The van der Waals surface area contributed by atoms with E-state index in [4.69, 9.17) is 0 Å². The van der Waals surface area contributed by atoms with Gasteiger partial charge in [-0.15, -0.1) is 0 Å². The molecule has 0 saturated carbocycles. The summed E-state index contributed by atoms with van der Waals surface area (Å²) in [5.74, 6) is 0. The van der Waals surface area contributed by atoms with Crippen LogP contribution in [0.5, 0.6) is 0 Å². The summed E-state index contributed by atoms with van der Waals surface area (Å²) in [5, 5.41) is 0. The molecule has 0 bridgehead atoms. The second kappa shape index (κ2) is 5.71. The summed E-state index contributed by atoms with van der Waals surface area (Å²) in [6.45, 7) is 4.33. The molecule has 0 spiro atoms. The van der Waals surface area contributed by atoms with Crippen molar-refractivity contribution in [2.45, 2.75) is 23.6 Å². The van der Waals surface area contributed by atoms with Crippen molar-refractivity contribution in [2.24, 2.45) is 0 Å². The van der Waals surface area contributed by atoms with Crippen LogP contribution in [0.1, 0.15) is 11.1 Å². The average molecular weight is 374 g/mol. The Balaban J connectivity index is 2.45. The summed E-state index contributed by atoms with van der Waals surface area (Å²) in [7, 11) is 0. The summed E-state index contributed by atoms with van der Waals surface area (Å²) >= 11 is 8.73. The van der Waals surface area contributed by atoms with Crippen LogP contribution in [-0.4, -0.2) is 20.9 Å². The van der Waals surface area contributed by atoms with Crippen LogP contribution in [0.25, 0.3) is 0 Å². The second-order valence-corrected chi connectivity index (χ2v) is 7.82. The van der Waals surface area contributed by atoms with Gasteiger partial charge in [0.15, 0.2) is 0 Å². The van der Waals surface area contributed by atoms with Crippen molar-refractivity contribution in [1.82, 2.24) is 0 Å². The van der Waals surface area contributed by atoms with Crippen molar-refractivity contribution in [3.05, 3.63) is 47.5 Å². The van der Waals surface area contributed by atoms with Gasteiger partial charge in [0.1, 0.15) is 0 Å². The standard InChI is InChI=1S/C14H14S2Te/c1-9-5-3-7-11(15)13(9)17-14-10(2)6-4-8-12(14)16/h3-8,15-16H,1-2H3. The Hall–Kier alpha value is -0.0704. The third-order valence-electron chi connectivity index (χ3n) is 2.59. The zero-order valence-corrected chi connectivity index (χ0v) is 13.9. The fourth-order valence-electron chi connectivity index (χ4n) is 1.64. The van der Waals surface area contributed by atoms with Gasteiger partial charge in [-0.3, -0.25) is 0 Å². The van der Waals surface area contributed by atoms with E-state index < -0.39 is 20.9 Å². The molecule has 0 radical (unpaired) electrons. The van der Waals surface area contributed by atoms with Gasteiger partial charge in [0.2, 0.25) is 0 Å². The summed E-state index contributed by atoms with van der Waals surface area (Å²) in [4.78, 5) is 2.23. The molecule has 2 aromatic carbocycles. The van der Waals surface area contributed by atoms with Crippen LogP contribution in [0, 0.1) is 13.8 Å². The predicted octanol–water partition coefficient (Wildman–Crippen LogP) is 2.54. The predicted molar refractivity (Wildman–Crippen MR) is 81.9 cm³/mol. The van der Waals surface area contributed by atoms with Crippen molar-refractivity contribution in [2.75, 3.05) is 0 Å². The summed E-state index contributed by atoms with van der Waals surface area (Å²) in [6, 6.07) is 12.6. The molecule has 0 N–H and O–H groups in total. The molecule has 0 saturated heterocycles. The number of aryl methyl sites for hydroxylation is 2. The maximum atomic E-state index is 4.57. The first-order valence-corrected chi connectivity index (χ1v) is 8.57. The molecular formula is C14H14S2Te. The number of hydrogen-bond acceptors (Lipinski definition) is 2. The van der Waals surface area contributed by atoms with E-state index in [0.717, 1.165) is 9.79 Å². The van der Waals surface area contributed by atoms with Gasteiger partial charge in [0.05, 0.1) is 0 Å². The van der Waals surface area contributed by atoms with Crippen molar-refractivity contribution in [1.29, 1.82) is 0 Å². The summed E-state index contributed by atoms with van der Waals surface area (Å²) < 4.78 is 2.84. The molecule has 0 aliphatic heterocycles. The van der Waals surface area contributed by atoms with Crippen LogP contribution < -0.4 is 7.22 Å². The van der Waals surface area contributed by atoms with E-state index in [1.807, 2.05) is 0 Å². The van der Waals surface area contributed by atoms with Gasteiger partial charge in [-0.1, -0.05) is 0 Å². The van der Waals surface area contributed by atoms with Gasteiger partial charge in [-0.05, 0) is 0 Å². The molecule has 3 heteroatoms. The van der Waals surface area contributed by atoms with E-state index in [0.29, 0.717) is 0 Å². The first-order chi connectivity index (χ1) is 8.09.